The topological polar surface area (TPSA) is 185 Å². The lowest BCUT2D eigenvalue weighted by molar-refractivity contribution is -0.144. The maximum Gasteiger partial charge on any atom is 0.310 e. The highest BCUT2D eigenvalue weighted by Crippen LogP contribution is 2.36. The quantitative estimate of drug-likeness (QED) is 0.0602. The Hall–Kier alpha value is -4.37. The normalized spacial score (nSPS) is 15.9. The molecule has 1 fully saturated rings. The second kappa shape index (κ2) is 21.1. The van der Waals surface area contributed by atoms with Crippen molar-refractivity contribution < 1.29 is 44.2 Å². The number of aromatic nitrogens is 1. The highest BCUT2D eigenvalue weighted by Gasteiger charge is 2.36. The van der Waals surface area contributed by atoms with Gasteiger partial charge in [-0.25, -0.2) is 0 Å². The first-order chi connectivity index (χ1) is 26.4. The molecule has 0 radical (unpaired) electrons. The lowest BCUT2D eigenvalue weighted by Crippen LogP contribution is -2.26. The van der Waals surface area contributed by atoms with Gasteiger partial charge in [0.25, 0.3) is 0 Å². The summed E-state index contributed by atoms with van der Waals surface area (Å²) in [6.45, 7) is 8.10. The first-order valence-electron chi connectivity index (χ1n) is 17.9. The fourth-order valence-electron chi connectivity index (χ4n) is 5.99. The predicted molar refractivity (Wildman–Crippen MR) is 213 cm³/mol. The van der Waals surface area contributed by atoms with Crippen LogP contribution in [0, 0.1) is 25.7 Å². The molecule has 55 heavy (non-hydrogen) atoms. The molecule has 6 N–H and O–H groups in total. The molecule has 1 aliphatic rings. The molecule has 1 saturated heterocycles. The number of carboxylic acid groups (broad SMARTS) is 2. The zero-order chi connectivity index (χ0) is 40.1. The van der Waals surface area contributed by atoms with E-state index in [4.69, 9.17) is 41.8 Å². The van der Waals surface area contributed by atoms with Gasteiger partial charge >= 0.3 is 11.9 Å². The first-order valence-corrected chi connectivity index (χ1v) is 19.5. The SMILES string of the molecule is CC(CO)C(=O)O.CSc1cncc(COc2cc(OCc3cccc(-c4cccc(OCCCN5CC(O)C(C(=O)O)C5)c4C)c3C)c(Cl)cc2CN)c1. The molecule has 1 aliphatic heterocycles. The van der Waals surface area contributed by atoms with Gasteiger partial charge in [-0.3, -0.25) is 19.5 Å². The molecule has 0 spiro atoms. The van der Waals surface area contributed by atoms with E-state index in [1.807, 2.05) is 47.7 Å². The number of carboxylic acids is 2. The summed E-state index contributed by atoms with van der Waals surface area (Å²) in [4.78, 5) is 28.4. The third-order valence-electron chi connectivity index (χ3n) is 9.39. The van der Waals surface area contributed by atoms with Gasteiger partial charge in [0, 0.05) is 60.7 Å². The Morgan fingerprint density at radius 3 is 2.29 bits per heavy atom. The van der Waals surface area contributed by atoms with Gasteiger partial charge in [-0.15, -0.1) is 11.8 Å². The van der Waals surface area contributed by atoms with Crippen LogP contribution in [0.2, 0.25) is 5.02 Å². The molecule has 3 aromatic carbocycles. The monoisotopic (exact) mass is 795 g/mol. The predicted octanol–water partition coefficient (Wildman–Crippen LogP) is 6.20. The van der Waals surface area contributed by atoms with Gasteiger partial charge in [0.1, 0.15) is 30.5 Å². The van der Waals surface area contributed by atoms with Gasteiger partial charge < -0.3 is 40.4 Å². The molecule has 3 atom stereocenters. The minimum absolute atomic E-state index is 0.275. The van der Waals surface area contributed by atoms with E-state index in [-0.39, 0.29) is 13.2 Å². The summed E-state index contributed by atoms with van der Waals surface area (Å²) in [6, 6.07) is 17.8. The molecule has 2 heterocycles. The molecule has 0 saturated carbocycles. The zero-order valence-electron chi connectivity index (χ0n) is 31.5. The summed E-state index contributed by atoms with van der Waals surface area (Å²) in [5, 5.41) is 35.9. The molecular formula is C41H50ClN3O9S. The van der Waals surface area contributed by atoms with Crippen LogP contribution in [-0.4, -0.2) is 87.5 Å². The van der Waals surface area contributed by atoms with E-state index in [9.17, 15) is 19.8 Å². The summed E-state index contributed by atoms with van der Waals surface area (Å²) >= 11 is 8.25. The maximum atomic E-state index is 11.3. The Labute approximate surface area is 331 Å². The molecule has 4 aromatic rings. The van der Waals surface area contributed by atoms with Gasteiger partial charge in [-0.05, 0) is 79.5 Å². The minimum Gasteiger partial charge on any atom is -0.493 e. The van der Waals surface area contributed by atoms with Crippen LogP contribution >= 0.6 is 23.4 Å². The zero-order valence-corrected chi connectivity index (χ0v) is 33.1. The van der Waals surface area contributed by atoms with Crippen molar-refractivity contribution in [1.82, 2.24) is 9.88 Å². The van der Waals surface area contributed by atoms with Crippen molar-refractivity contribution in [2.75, 3.05) is 39.1 Å². The number of hydrogen-bond acceptors (Lipinski definition) is 11. The number of pyridine rings is 1. The van der Waals surface area contributed by atoms with Gasteiger partial charge in [0.15, 0.2) is 0 Å². The fourth-order valence-corrected chi connectivity index (χ4v) is 6.66. The first kappa shape index (κ1) is 43.4. The number of ether oxygens (including phenoxy) is 3. The number of benzene rings is 3. The molecular weight excluding hydrogens is 746 g/mol. The molecule has 0 aliphatic carbocycles. The van der Waals surface area contributed by atoms with Crippen LogP contribution in [0.3, 0.4) is 0 Å². The van der Waals surface area contributed by atoms with E-state index in [1.165, 1.54) is 6.92 Å². The van der Waals surface area contributed by atoms with E-state index in [0.29, 0.717) is 56.0 Å². The second-order valence-electron chi connectivity index (χ2n) is 13.3. The number of nitrogens with zero attached hydrogens (tertiary/aromatic N) is 2. The van der Waals surface area contributed by atoms with Crippen LogP contribution in [-0.2, 0) is 29.3 Å². The van der Waals surface area contributed by atoms with Crippen molar-refractivity contribution in [3.63, 3.8) is 0 Å². The summed E-state index contributed by atoms with van der Waals surface area (Å²) in [5.74, 6) is -1.34. The highest BCUT2D eigenvalue weighted by molar-refractivity contribution is 7.98. The van der Waals surface area contributed by atoms with Gasteiger partial charge in [-0.2, -0.15) is 0 Å². The molecule has 12 nitrogen and oxygen atoms in total. The van der Waals surface area contributed by atoms with Gasteiger partial charge in [-0.1, -0.05) is 41.9 Å². The summed E-state index contributed by atoms with van der Waals surface area (Å²) in [7, 11) is 0. The second-order valence-corrected chi connectivity index (χ2v) is 14.6. The third-order valence-corrected chi connectivity index (χ3v) is 10.4. The van der Waals surface area contributed by atoms with Crippen LogP contribution in [0.15, 0.2) is 71.9 Å². The van der Waals surface area contributed by atoms with E-state index in [2.05, 4.69) is 31.0 Å². The third kappa shape index (κ3) is 12.1. The number of β-amino-alcohol motifs (C(OH)–C–C–N with tert-alkyl or cyclic N) is 1. The minimum atomic E-state index is -0.956. The smallest absolute Gasteiger partial charge is 0.310 e. The Morgan fingerprint density at radius 2 is 1.65 bits per heavy atom. The van der Waals surface area contributed by atoms with Crippen molar-refractivity contribution in [3.8, 4) is 28.4 Å². The van der Waals surface area contributed by atoms with E-state index < -0.39 is 29.9 Å². The van der Waals surface area contributed by atoms with Crippen molar-refractivity contribution in [1.29, 1.82) is 0 Å². The molecule has 0 amide bonds. The number of aliphatic hydroxyl groups excluding tert-OH is 2. The Bertz CT molecular complexity index is 1910. The number of carbonyl (C=O) groups is 2. The molecule has 1 aromatic heterocycles. The summed E-state index contributed by atoms with van der Waals surface area (Å²) in [6.07, 6.45) is 5.51. The van der Waals surface area contributed by atoms with Crippen LogP contribution in [0.5, 0.6) is 17.2 Å². The van der Waals surface area contributed by atoms with Crippen molar-refractivity contribution in [3.05, 3.63) is 99.8 Å². The summed E-state index contributed by atoms with van der Waals surface area (Å²) < 4.78 is 18.6. The molecule has 296 valence electrons. The number of thioether (sulfide) groups is 1. The molecule has 0 bridgehead atoms. The average Bonchev–Trinajstić information content (AvgIpc) is 3.56. The summed E-state index contributed by atoms with van der Waals surface area (Å²) in [5.41, 5.74) is 13.0. The van der Waals surface area contributed by atoms with Crippen LogP contribution in [0.4, 0.5) is 0 Å². The Balaban J connectivity index is 0.000000876. The van der Waals surface area contributed by atoms with Crippen LogP contribution < -0.4 is 19.9 Å². The highest BCUT2D eigenvalue weighted by atomic mass is 35.5. The van der Waals surface area contributed by atoms with Crippen molar-refractivity contribution in [2.45, 2.75) is 58.0 Å². The van der Waals surface area contributed by atoms with E-state index in [0.717, 1.165) is 56.0 Å². The number of hydrogen-bond donors (Lipinski definition) is 5. The molecule has 14 heteroatoms. The molecule has 5 rings (SSSR count). The number of halogens is 1. The van der Waals surface area contributed by atoms with Gasteiger partial charge in [0.2, 0.25) is 0 Å². The van der Waals surface area contributed by atoms with Gasteiger partial charge in [0.05, 0.1) is 36.2 Å². The van der Waals surface area contributed by atoms with Crippen molar-refractivity contribution in [2.24, 2.45) is 17.6 Å². The fraction of sp³-hybridized carbons (Fsp3) is 0.390. The average molecular weight is 796 g/mol. The van der Waals surface area contributed by atoms with E-state index in [1.54, 1.807) is 30.1 Å². The Kier molecular flexibility index (Phi) is 16.6. The number of nitrogens with two attached hydrogens (primary N) is 1. The number of aliphatic carboxylic acids is 2. The van der Waals surface area contributed by atoms with Crippen molar-refractivity contribution >= 4 is 35.3 Å². The Morgan fingerprint density at radius 1 is 0.945 bits per heavy atom. The lowest BCUT2D eigenvalue weighted by Gasteiger charge is -2.18. The maximum absolute atomic E-state index is 11.3. The van der Waals surface area contributed by atoms with Crippen LogP contribution in [0.25, 0.3) is 11.1 Å². The van der Waals surface area contributed by atoms with E-state index >= 15 is 0 Å². The standard InChI is InChI=1S/C37H42ClN3O6S.C4H8O3/c1-23-26(22-47-36-15-35(27(16-39)14-32(36)38)46-21-25-13-28(48-3)18-40-17-25)7-4-8-29(23)30-9-5-10-34(24(30)2)45-12-6-11-41-19-31(37(43)44)33(42)20-41;1-3(2-5)4(6)7/h4-5,7-10,13-15,17-18,31,33,42H,6,11-12,16,19-22,39H2,1-3H3,(H,43,44);3,5H,2H2,1H3,(H,6,7). The number of likely N-dealkylation sites (tertiary alicyclic amines) is 1. The van der Waals surface area contributed by atoms with Crippen LogP contribution in [0.1, 0.15) is 41.2 Å². The molecule has 3 unspecified atom stereocenters. The largest absolute Gasteiger partial charge is 0.493 e. The number of rotatable bonds is 17. The number of aliphatic hydroxyl groups is 2. The lowest BCUT2D eigenvalue weighted by atomic mass is 9.93.